The van der Waals surface area contributed by atoms with E-state index in [0.29, 0.717) is 5.25 Å². The van der Waals surface area contributed by atoms with Crippen LogP contribution in [0.5, 0.6) is 0 Å². The van der Waals surface area contributed by atoms with E-state index < -0.39 is 9.73 Å². The monoisotopic (exact) mass is 175 g/mol. The van der Waals surface area contributed by atoms with Crippen LogP contribution in [-0.4, -0.2) is 21.3 Å². The fraction of sp³-hybridized carbons (Fsp3) is 1.00. The molecule has 0 aromatic heterocycles. The van der Waals surface area contributed by atoms with Gasteiger partial charge in [-0.25, -0.2) is 8.57 Å². The maximum Gasteiger partial charge on any atom is 0.0618 e. The quantitative estimate of drug-likeness (QED) is 0.599. The highest BCUT2D eigenvalue weighted by Gasteiger charge is 2.31. The van der Waals surface area contributed by atoms with E-state index in [1.807, 2.05) is 20.8 Å². The molecule has 1 aliphatic rings. The van der Waals surface area contributed by atoms with Crippen molar-refractivity contribution in [2.45, 2.75) is 44.4 Å². The lowest BCUT2D eigenvalue weighted by Crippen LogP contribution is -2.16. The first-order chi connectivity index (χ1) is 4.81. The Labute approximate surface area is 69.6 Å². The molecule has 1 atom stereocenters. The second-order valence-corrected chi connectivity index (χ2v) is 6.89. The van der Waals surface area contributed by atoms with Crippen LogP contribution in [-0.2, 0) is 9.73 Å². The molecule has 0 amide bonds. The van der Waals surface area contributed by atoms with E-state index in [1.54, 1.807) is 6.26 Å². The van der Waals surface area contributed by atoms with Crippen LogP contribution >= 0.6 is 0 Å². The standard InChI is InChI=1S/C8H17NOS/c1-8(2,3)9-11(4,10)7-5-6-7/h7H,5-6H2,1-4H3/t11-/m0/s1. The van der Waals surface area contributed by atoms with E-state index in [9.17, 15) is 4.21 Å². The Morgan fingerprint density at radius 3 is 2.09 bits per heavy atom. The molecule has 0 bridgehead atoms. The Morgan fingerprint density at radius 1 is 1.36 bits per heavy atom. The van der Waals surface area contributed by atoms with Crippen LogP contribution in [0.25, 0.3) is 0 Å². The first kappa shape index (κ1) is 9.04. The molecule has 3 heteroatoms. The summed E-state index contributed by atoms with van der Waals surface area (Å²) in [5.74, 6) is 0. The molecule has 0 unspecified atom stereocenters. The van der Waals surface area contributed by atoms with Gasteiger partial charge in [-0.2, -0.15) is 0 Å². The molecule has 0 aromatic rings. The highest BCUT2D eigenvalue weighted by molar-refractivity contribution is 7.93. The summed E-state index contributed by atoms with van der Waals surface area (Å²) in [4.78, 5) is 0. The summed E-state index contributed by atoms with van der Waals surface area (Å²) in [6.07, 6.45) is 4.00. The molecule has 66 valence electrons. The van der Waals surface area contributed by atoms with Crippen molar-refractivity contribution in [2.75, 3.05) is 6.26 Å². The zero-order valence-corrected chi connectivity index (χ0v) is 8.57. The van der Waals surface area contributed by atoms with Gasteiger partial charge in [0.05, 0.1) is 5.54 Å². The number of nitrogens with zero attached hydrogens (tertiary/aromatic N) is 1. The van der Waals surface area contributed by atoms with Gasteiger partial charge in [-0.15, -0.1) is 0 Å². The summed E-state index contributed by atoms with van der Waals surface area (Å²) in [6, 6.07) is 0. The van der Waals surface area contributed by atoms with Crippen LogP contribution in [0, 0.1) is 0 Å². The topological polar surface area (TPSA) is 29.4 Å². The predicted molar refractivity (Wildman–Crippen MR) is 49.3 cm³/mol. The molecule has 0 radical (unpaired) electrons. The minimum Gasteiger partial charge on any atom is -0.250 e. The van der Waals surface area contributed by atoms with Crippen molar-refractivity contribution in [2.24, 2.45) is 4.36 Å². The molecule has 1 fully saturated rings. The second kappa shape index (κ2) is 2.47. The third-order valence-corrected chi connectivity index (χ3v) is 4.22. The van der Waals surface area contributed by atoms with Crippen LogP contribution in [0.4, 0.5) is 0 Å². The van der Waals surface area contributed by atoms with E-state index in [0.717, 1.165) is 12.8 Å². The number of rotatable bonds is 1. The molecule has 1 aliphatic carbocycles. The smallest absolute Gasteiger partial charge is 0.0618 e. The average Bonchev–Trinajstić information content (AvgIpc) is 2.30. The lowest BCUT2D eigenvalue weighted by molar-refractivity contribution is 0.581. The van der Waals surface area contributed by atoms with Gasteiger partial charge in [0.2, 0.25) is 0 Å². The van der Waals surface area contributed by atoms with Gasteiger partial charge in [-0.1, -0.05) is 0 Å². The van der Waals surface area contributed by atoms with E-state index in [4.69, 9.17) is 0 Å². The SMILES string of the molecule is CC(C)(C)N=[S@@](C)(=O)C1CC1. The fourth-order valence-electron chi connectivity index (χ4n) is 1.12. The molecule has 11 heavy (non-hydrogen) atoms. The second-order valence-electron chi connectivity index (χ2n) is 4.32. The summed E-state index contributed by atoms with van der Waals surface area (Å²) >= 11 is 0. The van der Waals surface area contributed by atoms with E-state index in [-0.39, 0.29) is 5.54 Å². The summed E-state index contributed by atoms with van der Waals surface area (Å²) in [5, 5.41) is 0.390. The zero-order chi connectivity index (χ0) is 8.70. The molecule has 2 nitrogen and oxygen atoms in total. The van der Waals surface area contributed by atoms with Gasteiger partial charge >= 0.3 is 0 Å². The Kier molecular flexibility index (Phi) is 2.03. The first-order valence-electron chi connectivity index (χ1n) is 4.03. The fourth-order valence-corrected chi connectivity index (χ4v) is 3.37. The summed E-state index contributed by atoms with van der Waals surface area (Å²) < 4.78 is 16.1. The molecular formula is C8H17NOS. The normalized spacial score (nSPS) is 24.4. The van der Waals surface area contributed by atoms with Crippen molar-refractivity contribution < 1.29 is 4.21 Å². The van der Waals surface area contributed by atoms with Crippen molar-refractivity contribution >= 4 is 9.73 Å². The third-order valence-electron chi connectivity index (χ3n) is 1.60. The average molecular weight is 175 g/mol. The van der Waals surface area contributed by atoms with E-state index >= 15 is 0 Å². The maximum absolute atomic E-state index is 11.8. The van der Waals surface area contributed by atoms with Crippen molar-refractivity contribution in [1.29, 1.82) is 0 Å². The van der Waals surface area contributed by atoms with Gasteiger partial charge in [-0.3, -0.25) is 0 Å². The van der Waals surface area contributed by atoms with Gasteiger partial charge in [0.25, 0.3) is 0 Å². The lowest BCUT2D eigenvalue weighted by atomic mass is 10.1. The third kappa shape index (κ3) is 2.81. The first-order valence-corrected chi connectivity index (χ1v) is 6.02. The number of hydrogen-bond donors (Lipinski definition) is 0. The van der Waals surface area contributed by atoms with Gasteiger partial charge < -0.3 is 0 Å². The number of hydrogen-bond acceptors (Lipinski definition) is 2. The molecule has 0 spiro atoms. The molecule has 0 saturated heterocycles. The highest BCUT2D eigenvalue weighted by Crippen LogP contribution is 2.30. The van der Waals surface area contributed by atoms with Gasteiger partial charge in [-0.05, 0) is 33.6 Å². The summed E-state index contributed by atoms with van der Waals surface area (Å²) in [5.41, 5.74) is -0.144. The largest absolute Gasteiger partial charge is 0.250 e. The van der Waals surface area contributed by atoms with Crippen LogP contribution in [0.3, 0.4) is 0 Å². The van der Waals surface area contributed by atoms with Gasteiger partial charge in [0.1, 0.15) is 0 Å². The lowest BCUT2D eigenvalue weighted by Gasteiger charge is -2.14. The molecular weight excluding hydrogens is 158 g/mol. The Morgan fingerprint density at radius 2 is 1.82 bits per heavy atom. The molecule has 0 N–H and O–H groups in total. The van der Waals surface area contributed by atoms with Crippen molar-refractivity contribution in [1.82, 2.24) is 0 Å². The molecule has 0 heterocycles. The summed E-state index contributed by atoms with van der Waals surface area (Å²) in [7, 11) is -1.87. The maximum atomic E-state index is 11.8. The minimum absolute atomic E-state index is 0.144. The Bertz CT molecular complexity index is 252. The molecule has 0 aromatic carbocycles. The van der Waals surface area contributed by atoms with Crippen LogP contribution in [0.15, 0.2) is 4.36 Å². The van der Waals surface area contributed by atoms with Gasteiger partial charge in [0.15, 0.2) is 0 Å². The van der Waals surface area contributed by atoms with Crippen molar-refractivity contribution in [3.8, 4) is 0 Å². The highest BCUT2D eigenvalue weighted by atomic mass is 32.2. The molecule has 1 saturated carbocycles. The minimum atomic E-state index is -1.87. The van der Waals surface area contributed by atoms with Crippen LogP contribution < -0.4 is 0 Å². The Hall–Kier alpha value is -0.0500. The van der Waals surface area contributed by atoms with Crippen LogP contribution in [0.1, 0.15) is 33.6 Å². The predicted octanol–water partition coefficient (Wildman–Crippen LogP) is 2.05. The van der Waals surface area contributed by atoms with E-state index in [1.165, 1.54) is 0 Å². The van der Waals surface area contributed by atoms with E-state index in [2.05, 4.69) is 4.36 Å². The molecule has 0 aliphatic heterocycles. The van der Waals surface area contributed by atoms with Crippen LogP contribution in [0.2, 0.25) is 0 Å². The Balaban J connectivity index is 2.86. The molecule has 1 rings (SSSR count). The van der Waals surface area contributed by atoms with Crippen molar-refractivity contribution in [3.05, 3.63) is 0 Å². The van der Waals surface area contributed by atoms with Gasteiger partial charge in [0, 0.05) is 21.2 Å². The summed E-state index contributed by atoms with van der Waals surface area (Å²) in [6.45, 7) is 6.00. The van der Waals surface area contributed by atoms with Crippen molar-refractivity contribution in [3.63, 3.8) is 0 Å². The zero-order valence-electron chi connectivity index (χ0n) is 7.76.